The van der Waals surface area contributed by atoms with Crippen LogP contribution in [0.5, 0.6) is 5.75 Å². The van der Waals surface area contributed by atoms with Crippen LogP contribution < -0.4 is 9.64 Å². The van der Waals surface area contributed by atoms with Crippen LogP contribution in [-0.4, -0.2) is 51.0 Å². The number of rotatable bonds is 6. The summed E-state index contributed by atoms with van der Waals surface area (Å²) in [6.45, 7) is 4.11. The van der Waals surface area contributed by atoms with Crippen LogP contribution in [0.15, 0.2) is 57.2 Å². The molecule has 9 heteroatoms. The minimum Gasteiger partial charge on any atom is -0.495 e. The van der Waals surface area contributed by atoms with Gasteiger partial charge in [-0.1, -0.05) is 45.8 Å². The minimum atomic E-state index is -3.64. The summed E-state index contributed by atoms with van der Waals surface area (Å²) in [5.41, 5.74) is 3.53. The second-order valence-corrected chi connectivity index (χ2v) is 11.1. The average molecular weight is 522 g/mol. The smallest absolute Gasteiger partial charge is 0.246 e. The Morgan fingerprint density at radius 1 is 1.13 bits per heavy atom. The van der Waals surface area contributed by atoms with Crippen molar-refractivity contribution in [1.82, 2.24) is 9.29 Å². The first-order chi connectivity index (χ1) is 14.9. The molecule has 1 aromatic heterocycles. The Labute approximate surface area is 195 Å². The van der Waals surface area contributed by atoms with Crippen molar-refractivity contribution in [2.45, 2.75) is 18.2 Å². The summed E-state index contributed by atoms with van der Waals surface area (Å²) in [5, 5.41) is 3.03. The molecule has 0 amide bonds. The molecule has 6 nitrogen and oxygen atoms in total. The molecule has 1 aliphatic heterocycles. The van der Waals surface area contributed by atoms with E-state index in [4.69, 9.17) is 9.72 Å². The van der Waals surface area contributed by atoms with Crippen molar-refractivity contribution in [3.8, 4) is 5.75 Å². The number of nitrogens with zero attached hydrogens (tertiary/aromatic N) is 3. The fraction of sp³-hybridized carbons (Fsp3) is 0.318. The maximum Gasteiger partial charge on any atom is 0.246 e. The Hall–Kier alpha value is -1.94. The second kappa shape index (κ2) is 9.28. The van der Waals surface area contributed by atoms with Gasteiger partial charge in [-0.25, -0.2) is 13.4 Å². The molecule has 0 atom stereocenters. The third-order valence-corrected chi connectivity index (χ3v) is 8.62. The Morgan fingerprint density at radius 2 is 1.90 bits per heavy atom. The molecular weight excluding hydrogens is 498 g/mol. The standard InChI is InChI=1S/C22H24BrN3O3S2/c1-16-4-3-5-17(12-16)13-19-15-30-22(24-19)25-8-10-26(11-9-25)31(27,28)21-14-18(23)6-7-20(21)29-2/h3-7,12,14-15H,8-11,13H2,1-2H3. The highest BCUT2D eigenvalue weighted by Crippen LogP contribution is 2.31. The summed E-state index contributed by atoms with van der Waals surface area (Å²) in [5.74, 6) is 0.353. The SMILES string of the molecule is COc1ccc(Br)cc1S(=O)(=O)N1CCN(c2nc(Cc3cccc(C)c3)cs2)CC1. The van der Waals surface area contributed by atoms with Gasteiger partial charge in [0, 0.05) is 42.5 Å². The van der Waals surface area contributed by atoms with E-state index in [1.165, 1.54) is 22.5 Å². The lowest BCUT2D eigenvalue weighted by Gasteiger charge is -2.34. The molecule has 1 fully saturated rings. The number of benzene rings is 2. The van der Waals surface area contributed by atoms with E-state index in [0.29, 0.717) is 36.4 Å². The number of hydrogen-bond donors (Lipinski definition) is 0. The number of ether oxygens (including phenoxy) is 1. The number of piperazine rings is 1. The minimum absolute atomic E-state index is 0.188. The molecule has 164 valence electrons. The zero-order valence-electron chi connectivity index (χ0n) is 17.4. The molecule has 0 N–H and O–H groups in total. The van der Waals surface area contributed by atoms with Crippen molar-refractivity contribution in [1.29, 1.82) is 0 Å². The lowest BCUT2D eigenvalue weighted by Crippen LogP contribution is -2.48. The maximum atomic E-state index is 13.2. The summed E-state index contributed by atoms with van der Waals surface area (Å²) < 4.78 is 33.9. The maximum absolute atomic E-state index is 13.2. The van der Waals surface area contributed by atoms with Crippen LogP contribution in [0.25, 0.3) is 0 Å². The summed E-state index contributed by atoms with van der Waals surface area (Å²) in [6, 6.07) is 13.5. The number of hydrogen-bond acceptors (Lipinski definition) is 6. The molecule has 0 unspecified atom stereocenters. The predicted octanol–water partition coefficient (Wildman–Crippen LogP) is 4.32. The van der Waals surface area contributed by atoms with Crippen molar-refractivity contribution in [2.24, 2.45) is 0 Å². The molecular formula is C22H24BrN3O3S2. The van der Waals surface area contributed by atoms with E-state index in [1.54, 1.807) is 29.5 Å². The number of thiazole rings is 1. The van der Waals surface area contributed by atoms with E-state index >= 15 is 0 Å². The van der Waals surface area contributed by atoms with Crippen LogP contribution in [-0.2, 0) is 16.4 Å². The van der Waals surface area contributed by atoms with Crippen LogP contribution in [0.4, 0.5) is 5.13 Å². The number of anilines is 1. The van der Waals surface area contributed by atoms with Gasteiger partial charge in [0.25, 0.3) is 0 Å². The molecule has 1 aliphatic rings. The molecule has 2 heterocycles. The lowest BCUT2D eigenvalue weighted by atomic mass is 10.1. The van der Waals surface area contributed by atoms with Gasteiger partial charge in [-0.15, -0.1) is 11.3 Å². The van der Waals surface area contributed by atoms with Gasteiger partial charge in [0.05, 0.1) is 12.8 Å². The summed E-state index contributed by atoms with van der Waals surface area (Å²) >= 11 is 4.97. The van der Waals surface area contributed by atoms with E-state index in [2.05, 4.69) is 57.4 Å². The van der Waals surface area contributed by atoms with Crippen molar-refractivity contribution >= 4 is 42.4 Å². The third-order valence-electron chi connectivity index (χ3n) is 5.26. The number of halogens is 1. The Balaban J connectivity index is 1.43. The van der Waals surface area contributed by atoms with Crippen molar-refractivity contribution in [2.75, 3.05) is 38.2 Å². The van der Waals surface area contributed by atoms with Gasteiger partial charge in [0.2, 0.25) is 10.0 Å². The molecule has 0 bridgehead atoms. The molecule has 0 aliphatic carbocycles. The van der Waals surface area contributed by atoms with Gasteiger partial charge < -0.3 is 9.64 Å². The van der Waals surface area contributed by atoms with Crippen LogP contribution in [0, 0.1) is 6.92 Å². The molecule has 0 saturated carbocycles. The van der Waals surface area contributed by atoms with Crippen molar-refractivity contribution < 1.29 is 13.2 Å². The highest BCUT2D eigenvalue weighted by atomic mass is 79.9. The van der Waals surface area contributed by atoms with Gasteiger partial charge in [0.1, 0.15) is 10.6 Å². The first-order valence-corrected chi connectivity index (χ1v) is 13.1. The van der Waals surface area contributed by atoms with E-state index in [-0.39, 0.29) is 4.90 Å². The van der Waals surface area contributed by atoms with Crippen molar-refractivity contribution in [3.63, 3.8) is 0 Å². The van der Waals surface area contributed by atoms with Crippen LogP contribution >= 0.6 is 27.3 Å². The molecule has 0 radical (unpaired) electrons. The summed E-state index contributed by atoms with van der Waals surface area (Å²) in [4.78, 5) is 7.14. The van der Waals surface area contributed by atoms with E-state index in [1.807, 2.05) is 0 Å². The molecule has 3 aromatic rings. The van der Waals surface area contributed by atoms with Gasteiger partial charge in [0.15, 0.2) is 5.13 Å². The molecule has 31 heavy (non-hydrogen) atoms. The average Bonchev–Trinajstić information content (AvgIpc) is 3.22. The quantitative estimate of drug-likeness (QED) is 0.483. The van der Waals surface area contributed by atoms with Gasteiger partial charge in [-0.05, 0) is 30.7 Å². The Kier molecular flexibility index (Phi) is 6.66. The molecule has 2 aromatic carbocycles. The number of aryl methyl sites for hydroxylation is 1. The normalized spacial score (nSPS) is 15.3. The van der Waals surface area contributed by atoms with Crippen LogP contribution in [0.2, 0.25) is 0 Å². The predicted molar refractivity (Wildman–Crippen MR) is 128 cm³/mol. The van der Waals surface area contributed by atoms with Gasteiger partial charge >= 0.3 is 0 Å². The number of methoxy groups -OCH3 is 1. The van der Waals surface area contributed by atoms with Crippen molar-refractivity contribution in [3.05, 3.63) is 69.1 Å². The number of aromatic nitrogens is 1. The van der Waals surface area contributed by atoms with E-state index < -0.39 is 10.0 Å². The molecule has 0 spiro atoms. The van der Waals surface area contributed by atoms with E-state index in [0.717, 1.165) is 17.2 Å². The first-order valence-electron chi connectivity index (χ1n) is 9.95. The fourth-order valence-corrected chi connectivity index (χ4v) is 6.66. The van der Waals surface area contributed by atoms with E-state index in [9.17, 15) is 8.42 Å². The zero-order chi connectivity index (χ0) is 22.0. The summed E-state index contributed by atoms with van der Waals surface area (Å²) in [6.07, 6.45) is 0.801. The topological polar surface area (TPSA) is 62.7 Å². The Morgan fingerprint density at radius 3 is 2.61 bits per heavy atom. The molecule has 1 saturated heterocycles. The third kappa shape index (κ3) is 4.95. The zero-order valence-corrected chi connectivity index (χ0v) is 20.6. The molecule has 4 rings (SSSR count). The van der Waals surface area contributed by atoms with Gasteiger partial charge in [-0.3, -0.25) is 0 Å². The fourth-order valence-electron chi connectivity index (χ4n) is 3.66. The highest BCUT2D eigenvalue weighted by Gasteiger charge is 2.31. The highest BCUT2D eigenvalue weighted by molar-refractivity contribution is 9.10. The summed E-state index contributed by atoms with van der Waals surface area (Å²) in [7, 11) is -2.15. The largest absolute Gasteiger partial charge is 0.495 e. The number of sulfonamides is 1. The van der Waals surface area contributed by atoms with Crippen LogP contribution in [0.1, 0.15) is 16.8 Å². The lowest BCUT2D eigenvalue weighted by molar-refractivity contribution is 0.374. The first kappa shape index (κ1) is 22.3. The van der Waals surface area contributed by atoms with Crippen LogP contribution in [0.3, 0.4) is 0 Å². The monoisotopic (exact) mass is 521 g/mol. The van der Waals surface area contributed by atoms with Gasteiger partial charge in [-0.2, -0.15) is 4.31 Å². The second-order valence-electron chi connectivity index (χ2n) is 7.47. The Bertz CT molecular complexity index is 1170.